The molecule has 0 fully saturated rings. The number of urea groups is 1. The molecule has 0 saturated carbocycles. The second-order valence-electron chi connectivity index (χ2n) is 4.66. The van der Waals surface area contributed by atoms with Gasteiger partial charge in [0.1, 0.15) is 0 Å². The highest BCUT2D eigenvalue weighted by Gasteiger charge is 2.12. The summed E-state index contributed by atoms with van der Waals surface area (Å²) in [6.07, 6.45) is 0. The number of rotatable bonds is 3. The van der Waals surface area contributed by atoms with E-state index in [-0.39, 0.29) is 11.6 Å². The van der Waals surface area contributed by atoms with Crippen molar-refractivity contribution in [2.75, 3.05) is 17.3 Å². The molecule has 2 N–H and O–H groups in total. The molecule has 5 heteroatoms. The third-order valence-electron chi connectivity index (χ3n) is 3.16. The van der Waals surface area contributed by atoms with E-state index in [1.54, 1.807) is 20.0 Å². The fraction of sp³-hybridized carbons (Fsp3) is 0.125. The number of carbonyl (C=O) groups excluding carboxylic acids is 1. The molecule has 2 amide bonds. The fourth-order valence-electron chi connectivity index (χ4n) is 1.90. The van der Waals surface area contributed by atoms with Crippen molar-refractivity contribution in [3.8, 4) is 0 Å². The van der Waals surface area contributed by atoms with Crippen LogP contribution in [-0.4, -0.2) is 24.2 Å². The number of carboxylic acid groups (broad SMARTS) is 1. The lowest BCUT2D eigenvalue weighted by molar-refractivity contribution is 0.0697. The number of carbonyl (C=O) groups is 2. The summed E-state index contributed by atoms with van der Waals surface area (Å²) in [7, 11) is 1.67. The molecule has 5 nitrogen and oxygen atoms in total. The number of nitrogens with one attached hydrogen (secondary N) is 1. The van der Waals surface area contributed by atoms with Gasteiger partial charge in [0.2, 0.25) is 0 Å². The Morgan fingerprint density at radius 3 is 2.33 bits per heavy atom. The summed E-state index contributed by atoms with van der Waals surface area (Å²) in [5.41, 5.74) is 2.26. The molecule has 2 aromatic carbocycles. The summed E-state index contributed by atoms with van der Waals surface area (Å²) in [6.45, 7) is 1.75. The van der Waals surface area contributed by atoms with Crippen LogP contribution in [-0.2, 0) is 0 Å². The molecule has 0 spiro atoms. The third-order valence-corrected chi connectivity index (χ3v) is 3.16. The third kappa shape index (κ3) is 3.39. The summed E-state index contributed by atoms with van der Waals surface area (Å²) in [4.78, 5) is 24.6. The highest BCUT2D eigenvalue weighted by Crippen LogP contribution is 2.18. The van der Waals surface area contributed by atoms with Crippen LogP contribution >= 0.6 is 0 Å². The van der Waals surface area contributed by atoms with Crippen molar-refractivity contribution < 1.29 is 14.7 Å². The minimum Gasteiger partial charge on any atom is -0.478 e. The molecule has 0 atom stereocenters. The highest BCUT2D eigenvalue weighted by atomic mass is 16.4. The predicted molar refractivity (Wildman–Crippen MR) is 82.0 cm³/mol. The maximum Gasteiger partial charge on any atom is 0.335 e. The van der Waals surface area contributed by atoms with E-state index < -0.39 is 5.97 Å². The molecule has 0 aromatic heterocycles. The van der Waals surface area contributed by atoms with Crippen molar-refractivity contribution in [2.45, 2.75) is 6.92 Å². The van der Waals surface area contributed by atoms with Crippen molar-refractivity contribution >= 4 is 23.4 Å². The van der Waals surface area contributed by atoms with Gasteiger partial charge in [-0.15, -0.1) is 0 Å². The topological polar surface area (TPSA) is 69.6 Å². The van der Waals surface area contributed by atoms with Crippen molar-refractivity contribution in [1.82, 2.24) is 0 Å². The van der Waals surface area contributed by atoms with Gasteiger partial charge in [0, 0.05) is 18.4 Å². The molecule has 0 aliphatic heterocycles. The van der Waals surface area contributed by atoms with E-state index >= 15 is 0 Å². The summed E-state index contributed by atoms with van der Waals surface area (Å²) in [5.74, 6) is -0.989. The fourth-order valence-corrected chi connectivity index (χ4v) is 1.90. The van der Waals surface area contributed by atoms with Crippen LogP contribution in [0.3, 0.4) is 0 Å². The number of hydrogen-bond donors (Lipinski definition) is 2. The lowest BCUT2D eigenvalue weighted by Crippen LogP contribution is -2.31. The van der Waals surface area contributed by atoms with Gasteiger partial charge in [-0.2, -0.15) is 0 Å². The van der Waals surface area contributed by atoms with Crippen molar-refractivity contribution in [3.05, 3.63) is 59.7 Å². The zero-order chi connectivity index (χ0) is 15.4. The van der Waals surface area contributed by atoms with Crippen molar-refractivity contribution in [2.24, 2.45) is 0 Å². The molecule has 0 saturated heterocycles. The Hall–Kier alpha value is -2.82. The van der Waals surface area contributed by atoms with Crippen LogP contribution in [0.5, 0.6) is 0 Å². The number of amides is 2. The first-order chi connectivity index (χ1) is 9.99. The first-order valence-corrected chi connectivity index (χ1v) is 6.42. The Morgan fingerprint density at radius 2 is 1.76 bits per heavy atom. The van der Waals surface area contributed by atoms with E-state index in [4.69, 9.17) is 5.11 Å². The lowest BCUT2D eigenvalue weighted by atomic mass is 10.1. The van der Waals surface area contributed by atoms with Crippen LogP contribution in [0.2, 0.25) is 0 Å². The smallest absolute Gasteiger partial charge is 0.335 e. The van der Waals surface area contributed by atoms with Gasteiger partial charge < -0.3 is 10.4 Å². The summed E-state index contributed by atoms with van der Waals surface area (Å²) < 4.78 is 0. The van der Waals surface area contributed by atoms with Crippen LogP contribution in [0.25, 0.3) is 0 Å². The quantitative estimate of drug-likeness (QED) is 0.908. The zero-order valence-corrected chi connectivity index (χ0v) is 11.8. The summed E-state index contributed by atoms with van der Waals surface area (Å²) >= 11 is 0. The Morgan fingerprint density at radius 1 is 1.10 bits per heavy atom. The molecule has 0 aliphatic rings. The Kier molecular flexibility index (Phi) is 4.23. The van der Waals surface area contributed by atoms with Gasteiger partial charge in [-0.05, 0) is 42.8 Å². The Labute approximate surface area is 122 Å². The van der Waals surface area contributed by atoms with E-state index in [2.05, 4.69) is 5.32 Å². The molecule has 108 valence electrons. The van der Waals surface area contributed by atoms with Gasteiger partial charge in [-0.25, -0.2) is 9.59 Å². The average molecular weight is 284 g/mol. The highest BCUT2D eigenvalue weighted by molar-refractivity contribution is 6.02. The molecule has 21 heavy (non-hydrogen) atoms. The van der Waals surface area contributed by atoms with Gasteiger partial charge in [0.25, 0.3) is 0 Å². The van der Waals surface area contributed by atoms with Crippen LogP contribution < -0.4 is 10.2 Å². The molecule has 2 aromatic rings. The van der Waals surface area contributed by atoms with Crippen LogP contribution in [0.4, 0.5) is 16.2 Å². The van der Waals surface area contributed by atoms with Gasteiger partial charge in [0.15, 0.2) is 0 Å². The largest absolute Gasteiger partial charge is 0.478 e. The normalized spacial score (nSPS) is 10.0. The maximum absolute atomic E-state index is 12.2. The Bertz CT molecular complexity index is 668. The Balaban J connectivity index is 2.15. The van der Waals surface area contributed by atoms with Gasteiger partial charge in [-0.3, -0.25) is 4.90 Å². The minimum atomic E-state index is -0.989. The number of aryl methyl sites for hydroxylation is 1. The van der Waals surface area contributed by atoms with E-state index in [1.165, 1.54) is 17.0 Å². The van der Waals surface area contributed by atoms with Gasteiger partial charge >= 0.3 is 12.0 Å². The predicted octanol–water partition coefficient (Wildman–Crippen LogP) is 3.36. The van der Waals surface area contributed by atoms with E-state index in [0.29, 0.717) is 11.3 Å². The first kappa shape index (κ1) is 14.6. The van der Waals surface area contributed by atoms with Gasteiger partial charge in [0.05, 0.1) is 5.56 Å². The second kappa shape index (κ2) is 6.09. The van der Waals surface area contributed by atoms with E-state index in [0.717, 1.165) is 5.69 Å². The molecule has 0 bridgehead atoms. The average Bonchev–Trinajstić information content (AvgIpc) is 2.49. The second-order valence-corrected chi connectivity index (χ2v) is 4.66. The van der Waals surface area contributed by atoms with E-state index in [9.17, 15) is 9.59 Å². The molecular formula is C16H16N2O3. The molecule has 0 heterocycles. The molecule has 0 radical (unpaired) electrons. The van der Waals surface area contributed by atoms with Crippen LogP contribution in [0.15, 0.2) is 48.5 Å². The number of aromatic carboxylic acids is 1. The van der Waals surface area contributed by atoms with Crippen molar-refractivity contribution in [3.63, 3.8) is 0 Å². The summed E-state index contributed by atoms with van der Waals surface area (Å²) in [6, 6.07) is 13.6. The number of anilines is 2. The van der Waals surface area contributed by atoms with Crippen molar-refractivity contribution in [1.29, 1.82) is 0 Å². The summed E-state index contributed by atoms with van der Waals surface area (Å²) in [5, 5.41) is 11.7. The van der Waals surface area contributed by atoms with Gasteiger partial charge in [-0.1, -0.05) is 18.2 Å². The standard InChI is InChI=1S/C16H16N2O3/c1-11-10-12(15(19)20)8-9-14(11)17-16(21)18(2)13-6-4-3-5-7-13/h3-10H,1-2H3,(H,17,21)(H,19,20). The molecule has 2 rings (SSSR count). The maximum atomic E-state index is 12.2. The number of hydrogen-bond acceptors (Lipinski definition) is 2. The number of benzene rings is 2. The number of nitrogens with zero attached hydrogens (tertiary/aromatic N) is 1. The number of carboxylic acids is 1. The SMILES string of the molecule is Cc1cc(C(=O)O)ccc1NC(=O)N(C)c1ccccc1. The molecule has 0 aliphatic carbocycles. The van der Waals surface area contributed by atoms with Crippen LogP contribution in [0.1, 0.15) is 15.9 Å². The molecule has 0 unspecified atom stereocenters. The lowest BCUT2D eigenvalue weighted by Gasteiger charge is -2.19. The number of para-hydroxylation sites is 1. The zero-order valence-electron chi connectivity index (χ0n) is 11.8. The van der Waals surface area contributed by atoms with Crippen LogP contribution in [0, 0.1) is 6.92 Å². The molecular weight excluding hydrogens is 268 g/mol. The first-order valence-electron chi connectivity index (χ1n) is 6.42. The monoisotopic (exact) mass is 284 g/mol. The minimum absolute atomic E-state index is 0.196. The van der Waals surface area contributed by atoms with E-state index in [1.807, 2.05) is 30.3 Å².